The third-order valence-electron chi connectivity index (χ3n) is 3.36. The van der Waals surface area contributed by atoms with E-state index < -0.39 is 0 Å². The Labute approximate surface area is 86.3 Å². The van der Waals surface area contributed by atoms with Gasteiger partial charge in [-0.05, 0) is 37.2 Å². The Balaban J connectivity index is 1.82. The molecule has 1 fully saturated rings. The first-order valence-corrected chi connectivity index (χ1v) is 5.66. The summed E-state index contributed by atoms with van der Waals surface area (Å²) < 4.78 is 0. The topological polar surface area (TPSA) is 26.0 Å². The average Bonchev–Trinajstić information content (AvgIpc) is 2.63. The molecule has 1 aliphatic carbocycles. The van der Waals surface area contributed by atoms with Crippen molar-refractivity contribution in [3.63, 3.8) is 0 Å². The van der Waals surface area contributed by atoms with Gasteiger partial charge in [0.25, 0.3) is 0 Å². The van der Waals surface area contributed by atoms with Crippen molar-refractivity contribution in [1.82, 2.24) is 0 Å². The van der Waals surface area contributed by atoms with E-state index in [1.165, 1.54) is 37.7 Å². The number of rotatable bonds is 3. The minimum Gasteiger partial charge on any atom is -0.327 e. The van der Waals surface area contributed by atoms with E-state index in [4.69, 9.17) is 5.73 Å². The van der Waals surface area contributed by atoms with Gasteiger partial charge in [-0.3, -0.25) is 0 Å². The van der Waals surface area contributed by atoms with E-state index in [9.17, 15) is 0 Å². The van der Waals surface area contributed by atoms with Gasteiger partial charge in [0.1, 0.15) is 0 Å². The second-order valence-corrected chi connectivity index (χ2v) is 4.38. The summed E-state index contributed by atoms with van der Waals surface area (Å²) in [5.41, 5.74) is 7.49. The molecule has 14 heavy (non-hydrogen) atoms. The van der Waals surface area contributed by atoms with Crippen LogP contribution in [0.1, 0.15) is 31.2 Å². The van der Waals surface area contributed by atoms with Crippen LogP contribution in [-0.2, 0) is 6.42 Å². The Morgan fingerprint density at radius 3 is 2.57 bits per heavy atom. The van der Waals surface area contributed by atoms with E-state index in [0.717, 1.165) is 5.92 Å². The number of aryl methyl sites for hydroxylation is 1. The Morgan fingerprint density at radius 2 is 1.93 bits per heavy atom. The van der Waals surface area contributed by atoms with Crippen LogP contribution in [0.3, 0.4) is 0 Å². The molecule has 0 heterocycles. The lowest BCUT2D eigenvalue weighted by Crippen LogP contribution is -2.24. The molecule has 1 saturated carbocycles. The molecule has 2 N–H and O–H groups in total. The highest BCUT2D eigenvalue weighted by Gasteiger charge is 2.22. The van der Waals surface area contributed by atoms with Crippen molar-refractivity contribution in [3.05, 3.63) is 35.9 Å². The van der Waals surface area contributed by atoms with E-state index in [-0.39, 0.29) is 0 Å². The molecule has 0 radical (unpaired) electrons. The summed E-state index contributed by atoms with van der Waals surface area (Å²) in [6, 6.07) is 11.2. The molecule has 2 atom stereocenters. The van der Waals surface area contributed by atoms with Gasteiger partial charge in [0.2, 0.25) is 0 Å². The van der Waals surface area contributed by atoms with E-state index in [1.54, 1.807) is 0 Å². The Hall–Kier alpha value is -0.820. The molecule has 0 saturated heterocycles. The smallest absolute Gasteiger partial charge is 0.00672 e. The molecular formula is C13H19N. The molecule has 1 aromatic rings. The SMILES string of the molecule is NC1CCCC1CCc1ccccc1. The summed E-state index contributed by atoms with van der Waals surface area (Å²) in [5.74, 6) is 0.773. The van der Waals surface area contributed by atoms with Gasteiger partial charge in [0, 0.05) is 6.04 Å². The molecule has 2 unspecified atom stereocenters. The van der Waals surface area contributed by atoms with Gasteiger partial charge in [-0.25, -0.2) is 0 Å². The van der Waals surface area contributed by atoms with Gasteiger partial charge in [-0.15, -0.1) is 0 Å². The van der Waals surface area contributed by atoms with Crippen LogP contribution < -0.4 is 5.73 Å². The monoisotopic (exact) mass is 189 g/mol. The van der Waals surface area contributed by atoms with E-state index >= 15 is 0 Å². The number of nitrogens with two attached hydrogens (primary N) is 1. The summed E-state index contributed by atoms with van der Waals surface area (Å²) in [4.78, 5) is 0. The van der Waals surface area contributed by atoms with Gasteiger partial charge in [-0.2, -0.15) is 0 Å². The maximum absolute atomic E-state index is 6.04. The zero-order chi connectivity index (χ0) is 9.80. The molecule has 0 aromatic heterocycles. The predicted molar refractivity (Wildman–Crippen MR) is 60.1 cm³/mol. The first kappa shape index (κ1) is 9.72. The van der Waals surface area contributed by atoms with Crippen molar-refractivity contribution in [2.75, 3.05) is 0 Å². The third kappa shape index (κ3) is 2.36. The molecule has 76 valence electrons. The van der Waals surface area contributed by atoms with Crippen molar-refractivity contribution >= 4 is 0 Å². The fourth-order valence-electron chi connectivity index (χ4n) is 2.42. The zero-order valence-electron chi connectivity index (χ0n) is 8.65. The van der Waals surface area contributed by atoms with Crippen molar-refractivity contribution in [2.45, 2.75) is 38.1 Å². The lowest BCUT2D eigenvalue weighted by molar-refractivity contribution is 0.447. The molecule has 0 amide bonds. The third-order valence-corrected chi connectivity index (χ3v) is 3.36. The van der Waals surface area contributed by atoms with Gasteiger partial charge in [-0.1, -0.05) is 36.8 Å². The van der Waals surface area contributed by atoms with Crippen LogP contribution in [-0.4, -0.2) is 6.04 Å². The normalized spacial score (nSPS) is 26.6. The summed E-state index contributed by atoms with van der Waals surface area (Å²) in [5, 5.41) is 0. The highest BCUT2D eigenvalue weighted by Crippen LogP contribution is 2.27. The summed E-state index contributed by atoms with van der Waals surface area (Å²) >= 11 is 0. The first-order chi connectivity index (χ1) is 6.86. The molecule has 1 aliphatic rings. The second kappa shape index (κ2) is 4.61. The molecular weight excluding hydrogens is 170 g/mol. The Morgan fingerprint density at radius 1 is 1.14 bits per heavy atom. The minimum atomic E-state index is 0.471. The number of hydrogen-bond donors (Lipinski definition) is 1. The van der Waals surface area contributed by atoms with Crippen LogP contribution in [0.2, 0.25) is 0 Å². The van der Waals surface area contributed by atoms with Gasteiger partial charge >= 0.3 is 0 Å². The van der Waals surface area contributed by atoms with Crippen LogP contribution >= 0.6 is 0 Å². The lowest BCUT2D eigenvalue weighted by atomic mass is 9.95. The Kier molecular flexibility index (Phi) is 3.20. The maximum Gasteiger partial charge on any atom is 0.00672 e. The van der Waals surface area contributed by atoms with Crippen LogP contribution in [0.4, 0.5) is 0 Å². The quantitative estimate of drug-likeness (QED) is 0.777. The fourth-order valence-corrected chi connectivity index (χ4v) is 2.42. The fraction of sp³-hybridized carbons (Fsp3) is 0.538. The van der Waals surface area contributed by atoms with Gasteiger partial charge < -0.3 is 5.73 Å². The maximum atomic E-state index is 6.04. The number of benzene rings is 1. The summed E-state index contributed by atoms with van der Waals surface area (Å²) in [6.07, 6.45) is 6.37. The van der Waals surface area contributed by atoms with E-state index in [2.05, 4.69) is 30.3 Å². The predicted octanol–water partition coefficient (Wildman–Crippen LogP) is 2.75. The minimum absolute atomic E-state index is 0.471. The van der Waals surface area contributed by atoms with Crippen LogP contribution in [0.15, 0.2) is 30.3 Å². The molecule has 2 rings (SSSR count). The first-order valence-electron chi connectivity index (χ1n) is 5.66. The summed E-state index contributed by atoms with van der Waals surface area (Å²) in [7, 11) is 0. The van der Waals surface area contributed by atoms with Crippen molar-refractivity contribution in [2.24, 2.45) is 11.7 Å². The van der Waals surface area contributed by atoms with Crippen LogP contribution in [0, 0.1) is 5.92 Å². The highest BCUT2D eigenvalue weighted by molar-refractivity contribution is 5.14. The van der Waals surface area contributed by atoms with E-state index in [0.29, 0.717) is 6.04 Å². The molecule has 1 aromatic carbocycles. The molecule has 1 nitrogen and oxygen atoms in total. The van der Waals surface area contributed by atoms with E-state index in [1.807, 2.05) is 0 Å². The highest BCUT2D eigenvalue weighted by atomic mass is 14.7. The molecule has 1 heteroatoms. The van der Waals surface area contributed by atoms with Crippen molar-refractivity contribution in [3.8, 4) is 0 Å². The Bertz CT molecular complexity index is 268. The van der Waals surface area contributed by atoms with Crippen molar-refractivity contribution in [1.29, 1.82) is 0 Å². The van der Waals surface area contributed by atoms with Crippen molar-refractivity contribution < 1.29 is 0 Å². The van der Waals surface area contributed by atoms with Crippen LogP contribution in [0.5, 0.6) is 0 Å². The molecule has 0 bridgehead atoms. The molecule has 0 aliphatic heterocycles. The largest absolute Gasteiger partial charge is 0.327 e. The standard InChI is InChI=1S/C13H19N/c14-13-8-4-7-12(13)10-9-11-5-2-1-3-6-11/h1-3,5-6,12-13H,4,7-10,14H2. The lowest BCUT2D eigenvalue weighted by Gasteiger charge is -2.14. The van der Waals surface area contributed by atoms with Crippen LogP contribution in [0.25, 0.3) is 0 Å². The average molecular weight is 189 g/mol. The van der Waals surface area contributed by atoms with Gasteiger partial charge in [0.15, 0.2) is 0 Å². The second-order valence-electron chi connectivity index (χ2n) is 4.38. The summed E-state index contributed by atoms with van der Waals surface area (Å²) in [6.45, 7) is 0. The van der Waals surface area contributed by atoms with Gasteiger partial charge in [0.05, 0.1) is 0 Å². The number of hydrogen-bond acceptors (Lipinski definition) is 1. The zero-order valence-corrected chi connectivity index (χ0v) is 8.65. The molecule has 0 spiro atoms.